The molecular formula is C15H19Cl2NO. The quantitative estimate of drug-likeness (QED) is 0.777. The first kappa shape index (κ1) is 14.7. The molecule has 4 heteroatoms. The fraction of sp³-hybridized carbons (Fsp3) is 0.533. The van der Waals surface area contributed by atoms with Crippen molar-refractivity contribution in [2.75, 3.05) is 6.54 Å². The average Bonchev–Trinajstić information content (AvgIpc) is 2.66. The van der Waals surface area contributed by atoms with Crippen molar-refractivity contribution in [1.82, 2.24) is 4.90 Å². The third-order valence-electron chi connectivity index (χ3n) is 3.93. The molecule has 1 aliphatic rings. The van der Waals surface area contributed by atoms with E-state index < -0.39 is 4.87 Å². The molecule has 0 saturated carbocycles. The van der Waals surface area contributed by atoms with Gasteiger partial charge in [-0.3, -0.25) is 4.79 Å². The summed E-state index contributed by atoms with van der Waals surface area (Å²) in [6.07, 6.45) is 0.612. The monoisotopic (exact) mass is 299 g/mol. The summed E-state index contributed by atoms with van der Waals surface area (Å²) in [4.78, 5) is 13.5. The molecular weight excluding hydrogens is 281 g/mol. The Labute approximate surface area is 124 Å². The van der Waals surface area contributed by atoms with Gasteiger partial charge < -0.3 is 4.90 Å². The van der Waals surface area contributed by atoms with Crippen LogP contribution < -0.4 is 0 Å². The summed E-state index contributed by atoms with van der Waals surface area (Å²) in [5, 5.41) is -0.109. The molecule has 1 aliphatic heterocycles. The number of carbonyl (C=O) groups is 1. The molecule has 3 atom stereocenters. The van der Waals surface area contributed by atoms with Gasteiger partial charge in [-0.1, -0.05) is 37.3 Å². The van der Waals surface area contributed by atoms with Crippen LogP contribution >= 0.6 is 23.2 Å². The minimum absolute atomic E-state index is 0.00274. The Bertz CT molecular complexity index is 449. The minimum Gasteiger partial charge on any atom is -0.336 e. The first-order chi connectivity index (χ1) is 8.99. The van der Waals surface area contributed by atoms with Gasteiger partial charge in [-0.15, -0.1) is 23.2 Å². The Kier molecular flexibility index (Phi) is 4.42. The lowest BCUT2D eigenvalue weighted by Gasteiger charge is -2.25. The first-order valence-corrected chi connectivity index (χ1v) is 7.46. The van der Waals surface area contributed by atoms with Gasteiger partial charge in [-0.2, -0.15) is 0 Å². The maximum atomic E-state index is 12.5. The van der Waals surface area contributed by atoms with E-state index in [1.165, 1.54) is 0 Å². The Morgan fingerprint density at radius 1 is 1.42 bits per heavy atom. The Morgan fingerprint density at radius 2 is 2.05 bits per heavy atom. The van der Waals surface area contributed by atoms with E-state index in [2.05, 4.69) is 0 Å². The van der Waals surface area contributed by atoms with E-state index in [4.69, 9.17) is 23.2 Å². The van der Waals surface area contributed by atoms with Crippen LogP contribution in [0, 0.1) is 5.92 Å². The van der Waals surface area contributed by atoms with Crippen molar-refractivity contribution >= 4 is 29.1 Å². The van der Waals surface area contributed by atoms with Crippen LogP contribution in [0.3, 0.4) is 0 Å². The fourth-order valence-corrected chi connectivity index (χ4v) is 3.49. The third kappa shape index (κ3) is 2.75. The van der Waals surface area contributed by atoms with Gasteiger partial charge in [0.2, 0.25) is 5.91 Å². The van der Waals surface area contributed by atoms with Gasteiger partial charge in [0, 0.05) is 24.4 Å². The van der Waals surface area contributed by atoms with Gasteiger partial charge >= 0.3 is 0 Å². The van der Waals surface area contributed by atoms with E-state index in [1.807, 2.05) is 49.1 Å². The lowest BCUT2D eigenvalue weighted by molar-refractivity contribution is -0.130. The lowest BCUT2D eigenvalue weighted by Crippen LogP contribution is -2.39. The van der Waals surface area contributed by atoms with E-state index in [1.54, 1.807) is 0 Å². The molecule has 0 spiro atoms. The zero-order valence-electron chi connectivity index (χ0n) is 11.3. The largest absolute Gasteiger partial charge is 0.336 e. The number of likely N-dealkylation sites (tertiary alicyclic amines) is 1. The normalized spacial score (nSPS) is 28.7. The second-order valence-electron chi connectivity index (χ2n) is 5.17. The molecule has 2 nitrogen and oxygen atoms in total. The fourth-order valence-electron chi connectivity index (χ4n) is 2.75. The maximum absolute atomic E-state index is 12.5. The summed E-state index contributed by atoms with van der Waals surface area (Å²) in [6.45, 7) is 5.10. The molecule has 3 unspecified atom stereocenters. The second kappa shape index (κ2) is 5.72. The number of carbonyl (C=O) groups excluding carboxylic acids is 1. The van der Waals surface area contributed by atoms with Crippen LogP contribution in [-0.2, 0) is 11.3 Å². The lowest BCUT2D eigenvalue weighted by atomic mass is 9.89. The molecule has 1 heterocycles. The SMILES string of the molecule is CCC1(Cl)C(=O)N(Cc2ccccc2)CC1C(C)Cl. The van der Waals surface area contributed by atoms with Crippen molar-refractivity contribution in [3.63, 3.8) is 0 Å². The van der Waals surface area contributed by atoms with Crippen LogP contribution in [0.1, 0.15) is 25.8 Å². The van der Waals surface area contributed by atoms with Crippen molar-refractivity contribution in [2.45, 2.75) is 37.1 Å². The van der Waals surface area contributed by atoms with Gasteiger partial charge in [0.15, 0.2) is 0 Å². The van der Waals surface area contributed by atoms with E-state index in [9.17, 15) is 4.79 Å². The molecule has 1 aromatic carbocycles. The minimum atomic E-state index is -0.837. The van der Waals surface area contributed by atoms with Gasteiger partial charge in [-0.05, 0) is 18.9 Å². The Hall–Kier alpha value is -0.730. The van der Waals surface area contributed by atoms with E-state index >= 15 is 0 Å². The Morgan fingerprint density at radius 3 is 2.53 bits per heavy atom. The average molecular weight is 300 g/mol. The molecule has 104 valence electrons. The number of benzene rings is 1. The van der Waals surface area contributed by atoms with Crippen LogP contribution in [0.5, 0.6) is 0 Å². The van der Waals surface area contributed by atoms with Crippen LogP contribution in [-0.4, -0.2) is 27.6 Å². The summed E-state index contributed by atoms with van der Waals surface area (Å²) in [7, 11) is 0. The standard InChI is InChI=1S/C15H19Cl2NO/c1-3-15(17)13(11(2)16)10-18(14(15)19)9-12-7-5-4-6-8-12/h4-8,11,13H,3,9-10H2,1-2H3. The van der Waals surface area contributed by atoms with Gasteiger partial charge in [0.25, 0.3) is 0 Å². The first-order valence-electron chi connectivity index (χ1n) is 6.65. The maximum Gasteiger partial charge on any atom is 0.244 e. The highest BCUT2D eigenvalue weighted by atomic mass is 35.5. The molecule has 0 bridgehead atoms. The molecule has 19 heavy (non-hydrogen) atoms. The highest BCUT2D eigenvalue weighted by molar-refractivity contribution is 6.36. The summed E-state index contributed by atoms with van der Waals surface area (Å²) in [6, 6.07) is 9.96. The molecule has 2 rings (SSSR count). The van der Waals surface area contributed by atoms with Crippen molar-refractivity contribution in [3.8, 4) is 0 Å². The molecule has 1 saturated heterocycles. The number of halogens is 2. The molecule has 0 aliphatic carbocycles. The van der Waals surface area contributed by atoms with Crippen LogP contribution in [0.4, 0.5) is 0 Å². The molecule has 0 N–H and O–H groups in total. The second-order valence-corrected chi connectivity index (χ2v) is 6.53. The zero-order chi connectivity index (χ0) is 14.0. The predicted octanol–water partition coefficient (Wildman–Crippen LogP) is 3.66. The number of amides is 1. The smallest absolute Gasteiger partial charge is 0.244 e. The molecule has 0 aromatic heterocycles. The Balaban J connectivity index is 2.19. The number of hydrogen-bond acceptors (Lipinski definition) is 1. The molecule has 1 amide bonds. The zero-order valence-corrected chi connectivity index (χ0v) is 12.8. The topological polar surface area (TPSA) is 20.3 Å². The van der Waals surface area contributed by atoms with Gasteiger partial charge in [-0.25, -0.2) is 0 Å². The van der Waals surface area contributed by atoms with Crippen LogP contribution in [0.15, 0.2) is 30.3 Å². The van der Waals surface area contributed by atoms with Crippen molar-refractivity contribution in [1.29, 1.82) is 0 Å². The third-order valence-corrected chi connectivity index (χ3v) is 4.95. The molecule has 1 fully saturated rings. The van der Waals surface area contributed by atoms with E-state index in [0.717, 1.165) is 5.56 Å². The van der Waals surface area contributed by atoms with Crippen molar-refractivity contribution < 1.29 is 4.79 Å². The molecule has 0 radical (unpaired) electrons. The van der Waals surface area contributed by atoms with Crippen molar-refractivity contribution in [2.24, 2.45) is 5.92 Å². The molecule has 1 aromatic rings. The van der Waals surface area contributed by atoms with E-state index in [0.29, 0.717) is 19.5 Å². The number of alkyl halides is 2. The number of nitrogens with zero attached hydrogens (tertiary/aromatic N) is 1. The van der Waals surface area contributed by atoms with Crippen LogP contribution in [0.25, 0.3) is 0 Å². The van der Waals surface area contributed by atoms with Crippen molar-refractivity contribution in [3.05, 3.63) is 35.9 Å². The number of rotatable bonds is 4. The summed E-state index contributed by atoms with van der Waals surface area (Å²) < 4.78 is 0. The summed E-state index contributed by atoms with van der Waals surface area (Å²) in [5.41, 5.74) is 1.12. The van der Waals surface area contributed by atoms with E-state index in [-0.39, 0.29) is 17.2 Å². The van der Waals surface area contributed by atoms with Crippen LogP contribution in [0.2, 0.25) is 0 Å². The number of hydrogen-bond donors (Lipinski definition) is 0. The summed E-state index contributed by atoms with van der Waals surface area (Å²) in [5.74, 6) is 0.00932. The highest BCUT2D eigenvalue weighted by Crippen LogP contribution is 2.41. The summed E-state index contributed by atoms with van der Waals surface area (Å²) >= 11 is 12.8. The van der Waals surface area contributed by atoms with Gasteiger partial charge in [0.05, 0.1) is 0 Å². The van der Waals surface area contributed by atoms with Gasteiger partial charge in [0.1, 0.15) is 4.87 Å². The predicted molar refractivity (Wildman–Crippen MR) is 79.5 cm³/mol. The highest BCUT2D eigenvalue weighted by Gasteiger charge is 2.53.